The average Bonchev–Trinajstić information content (AvgIpc) is 2.46. The van der Waals surface area contributed by atoms with Gasteiger partial charge in [0.15, 0.2) is 0 Å². The van der Waals surface area contributed by atoms with Crippen LogP contribution < -0.4 is 4.90 Å². The highest BCUT2D eigenvalue weighted by molar-refractivity contribution is 5.76. The Kier molecular flexibility index (Phi) is 5.37. The van der Waals surface area contributed by atoms with Gasteiger partial charge in [-0.05, 0) is 26.0 Å². The van der Waals surface area contributed by atoms with Crippen molar-refractivity contribution < 1.29 is 14.3 Å². The van der Waals surface area contributed by atoms with Crippen LogP contribution in [0.4, 0.5) is 5.82 Å². The Balaban J connectivity index is 1.93. The van der Waals surface area contributed by atoms with E-state index in [1.165, 1.54) is 4.90 Å². The Bertz CT molecular complexity index is 491. The first kappa shape index (κ1) is 16.7. The van der Waals surface area contributed by atoms with E-state index in [-0.39, 0.29) is 24.2 Å². The highest BCUT2D eigenvalue weighted by Crippen LogP contribution is 2.24. The predicted molar refractivity (Wildman–Crippen MR) is 84.9 cm³/mol. The molecule has 1 aromatic heterocycles. The molecule has 1 aliphatic heterocycles. The van der Waals surface area contributed by atoms with Gasteiger partial charge in [-0.1, -0.05) is 6.07 Å². The van der Waals surface area contributed by atoms with Crippen LogP contribution in [0.1, 0.15) is 13.8 Å². The second kappa shape index (κ2) is 7.07. The molecule has 1 unspecified atom stereocenters. The fourth-order valence-corrected chi connectivity index (χ4v) is 2.50. The van der Waals surface area contributed by atoms with E-state index in [0.717, 1.165) is 12.4 Å². The summed E-state index contributed by atoms with van der Waals surface area (Å²) in [5.74, 6) is 0.893. The van der Waals surface area contributed by atoms with E-state index in [4.69, 9.17) is 9.47 Å². The first-order valence-corrected chi connectivity index (χ1v) is 7.49. The van der Waals surface area contributed by atoms with E-state index in [2.05, 4.69) is 23.7 Å². The molecule has 6 nitrogen and oxygen atoms in total. The van der Waals surface area contributed by atoms with Crippen LogP contribution in [-0.2, 0) is 14.3 Å². The van der Waals surface area contributed by atoms with Gasteiger partial charge in [-0.15, -0.1) is 0 Å². The van der Waals surface area contributed by atoms with Crippen LogP contribution in [-0.4, -0.2) is 67.9 Å². The standard InChI is InChI=1S/C16H25N3O3/c1-16(2)12-19(14-7-5-6-8-17-14)9-13(22-16)10-21-11-15(20)18(3)4/h5-8,13H,9-12H2,1-4H3. The first-order valence-electron chi connectivity index (χ1n) is 7.49. The summed E-state index contributed by atoms with van der Waals surface area (Å²) in [6, 6.07) is 5.88. The van der Waals surface area contributed by atoms with Crippen LogP contribution in [0.2, 0.25) is 0 Å². The molecule has 0 radical (unpaired) electrons. The molecule has 0 aromatic carbocycles. The average molecular weight is 307 g/mol. The highest BCUT2D eigenvalue weighted by Gasteiger charge is 2.34. The Hall–Kier alpha value is -1.66. The molecule has 1 amide bonds. The lowest BCUT2D eigenvalue weighted by molar-refractivity contribution is -0.139. The van der Waals surface area contributed by atoms with Crippen molar-refractivity contribution in [3.05, 3.63) is 24.4 Å². The normalized spacial score (nSPS) is 20.7. The largest absolute Gasteiger partial charge is 0.369 e. The lowest BCUT2D eigenvalue weighted by atomic mass is 10.1. The molecule has 0 N–H and O–H groups in total. The summed E-state index contributed by atoms with van der Waals surface area (Å²) < 4.78 is 11.6. The van der Waals surface area contributed by atoms with E-state index < -0.39 is 0 Å². The minimum absolute atomic E-state index is 0.0448. The van der Waals surface area contributed by atoms with Crippen LogP contribution >= 0.6 is 0 Å². The van der Waals surface area contributed by atoms with Gasteiger partial charge in [0.2, 0.25) is 5.91 Å². The Morgan fingerprint density at radius 2 is 2.27 bits per heavy atom. The molecular formula is C16H25N3O3. The number of morpholine rings is 1. The van der Waals surface area contributed by atoms with E-state index in [9.17, 15) is 4.79 Å². The van der Waals surface area contributed by atoms with Crippen molar-refractivity contribution in [2.24, 2.45) is 0 Å². The molecule has 1 aromatic rings. The summed E-state index contributed by atoms with van der Waals surface area (Å²) >= 11 is 0. The van der Waals surface area contributed by atoms with Gasteiger partial charge in [-0.2, -0.15) is 0 Å². The lowest BCUT2D eigenvalue weighted by Gasteiger charge is -2.43. The number of pyridine rings is 1. The molecule has 2 rings (SSSR count). The SMILES string of the molecule is CN(C)C(=O)COCC1CN(c2ccccn2)CC(C)(C)O1. The number of rotatable bonds is 5. The molecule has 1 saturated heterocycles. The van der Waals surface area contributed by atoms with Crippen LogP contribution in [0.25, 0.3) is 0 Å². The topological polar surface area (TPSA) is 54.9 Å². The quantitative estimate of drug-likeness (QED) is 0.817. The van der Waals surface area contributed by atoms with Crippen molar-refractivity contribution in [1.29, 1.82) is 0 Å². The van der Waals surface area contributed by atoms with Gasteiger partial charge >= 0.3 is 0 Å². The number of amides is 1. The van der Waals surface area contributed by atoms with E-state index >= 15 is 0 Å². The number of aromatic nitrogens is 1. The Labute approximate surface area is 132 Å². The number of hydrogen-bond acceptors (Lipinski definition) is 5. The molecule has 6 heteroatoms. The molecule has 22 heavy (non-hydrogen) atoms. The number of hydrogen-bond donors (Lipinski definition) is 0. The van der Waals surface area contributed by atoms with E-state index in [1.807, 2.05) is 18.2 Å². The van der Waals surface area contributed by atoms with Gasteiger partial charge in [-0.25, -0.2) is 4.98 Å². The maximum Gasteiger partial charge on any atom is 0.248 e. The molecule has 0 saturated carbocycles. The number of carbonyl (C=O) groups excluding carboxylic acids is 1. The molecular weight excluding hydrogens is 282 g/mol. The summed E-state index contributed by atoms with van der Waals surface area (Å²) in [7, 11) is 3.43. The zero-order valence-corrected chi connectivity index (χ0v) is 13.8. The number of ether oxygens (including phenoxy) is 2. The molecule has 122 valence electrons. The molecule has 0 aliphatic carbocycles. The van der Waals surface area contributed by atoms with Crippen molar-refractivity contribution in [3.8, 4) is 0 Å². The Morgan fingerprint density at radius 3 is 2.91 bits per heavy atom. The zero-order valence-electron chi connectivity index (χ0n) is 13.8. The van der Waals surface area contributed by atoms with Crippen molar-refractivity contribution in [2.75, 3.05) is 45.3 Å². The van der Waals surface area contributed by atoms with Crippen LogP contribution in [0.3, 0.4) is 0 Å². The lowest BCUT2D eigenvalue weighted by Crippen LogP contribution is -2.54. The third kappa shape index (κ3) is 4.68. The van der Waals surface area contributed by atoms with Crippen LogP contribution in [0.15, 0.2) is 24.4 Å². The summed E-state index contributed by atoms with van der Waals surface area (Å²) in [4.78, 5) is 19.7. The molecule has 1 atom stereocenters. The third-order valence-electron chi connectivity index (χ3n) is 3.48. The number of carbonyl (C=O) groups is 1. The number of nitrogens with zero attached hydrogens (tertiary/aromatic N) is 3. The maximum absolute atomic E-state index is 11.5. The van der Waals surface area contributed by atoms with E-state index in [1.54, 1.807) is 20.3 Å². The second-order valence-electron chi connectivity index (χ2n) is 6.37. The van der Waals surface area contributed by atoms with Gasteiger partial charge in [0.1, 0.15) is 12.4 Å². The number of likely N-dealkylation sites (N-methyl/N-ethyl adjacent to an activating group) is 1. The molecule has 1 fully saturated rings. The molecule has 2 heterocycles. The third-order valence-corrected chi connectivity index (χ3v) is 3.48. The zero-order chi connectivity index (χ0) is 16.2. The molecule has 0 spiro atoms. The van der Waals surface area contributed by atoms with Gasteiger partial charge in [0, 0.05) is 33.4 Å². The van der Waals surface area contributed by atoms with Crippen molar-refractivity contribution in [3.63, 3.8) is 0 Å². The van der Waals surface area contributed by atoms with Gasteiger partial charge in [0.05, 0.1) is 18.3 Å². The van der Waals surface area contributed by atoms with Gasteiger partial charge in [0.25, 0.3) is 0 Å². The second-order valence-corrected chi connectivity index (χ2v) is 6.37. The van der Waals surface area contributed by atoms with Crippen LogP contribution in [0, 0.1) is 0 Å². The molecule has 1 aliphatic rings. The first-order chi connectivity index (χ1) is 10.4. The summed E-state index contributed by atoms with van der Waals surface area (Å²) in [6.07, 6.45) is 1.71. The predicted octanol–water partition coefficient (Wildman–Crippen LogP) is 1.17. The summed E-state index contributed by atoms with van der Waals surface area (Å²) in [5, 5.41) is 0. The van der Waals surface area contributed by atoms with Crippen LogP contribution in [0.5, 0.6) is 0 Å². The minimum atomic E-state index is -0.282. The monoisotopic (exact) mass is 307 g/mol. The van der Waals surface area contributed by atoms with E-state index in [0.29, 0.717) is 13.2 Å². The fourth-order valence-electron chi connectivity index (χ4n) is 2.50. The van der Waals surface area contributed by atoms with Crippen molar-refractivity contribution in [1.82, 2.24) is 9.88 Å². The summed E-state index contributed by atoms with van der Waals surface area (Å²) in [6.45, 7) is 6.07. The minimum Gasteiger partial charge on any atom is -0.369 e. The fraction of sp³-hybridized carbons (Fsp3) is 0.625. The smallest absolute Gasteiger partial charge is 0.248 e. The van der Waals surface area contributed by atoms with Gasteiger partial charge in [-0.3, -0.25) is 4.79 Å². The summed E-state index contributed by atoms with van der Waals surface area (Å²) in [5.41, 5.74) is -0.282. The maximum atomic E-state index is 11.5. The highest BCUT2D eigenvalue weighted by atomic mass is 16.5. The van der Waals surface area contributed by atoms with Crippen molar-refractivity contribution >= 4 is 11.7 Å². The Morgan fingerprint density at radius 1 is 1.50 bits per heavy atom. The van der Waals surface area contributed by atoms with Gasteiger partial charge < -0.3 is 19.3 Å². The van der Waals surface area contributed by atoms with Crippen molar-refractivity contribution in [2.45, 2.75) is 25.6 Å². The number of anilines is 1. The molecule has 0 bridgehead atoms.